The predicted molar refractivity (Wildman–Crippen MR) is 121 cm³/mol. The fourth-order valence-corrected chi connectivity index (χ4v) is 4.89. The highest BCUT2D eigenvalue weighted by molar-refractivity contribution is 7.10. The van der Waals surface area contributed by atoms with Gasteiger partial charge in [-0.25, -0.2) is 0 Å². The molecule has 3 heterocycles. The molecule has 1 N–H and O–H groups in total. The van der Waals surface area contributed by atoms with Crippen molar-refractivity contribution in [3.8, 4) is 0 Å². The highest BCUT2D eigenvalue weighted by Gasteiger charge is 2.15. The minimum Gasteiger partial charge on any atom is -0.378 e. The number of hydrogen-bond acceptors (Lipinski definition) is 6. The minimum atomic E-state index is 0.0113. The first kappa shape index (κ1) is 20.1. The zero-order valence-corrected chi connectivity index (χ0v) is 17.9. The van der Waals surface area contributed by atoms with Crippen LogP contribution in [0.15, 0.2) is 59.3 Å². The minimum absolute atomic E-state index is 0.0113. The zero-order valence-electron chi connectivity index (χ0n) is 16.3. The molecule has 0 atom stereocenters. The van der Waals surface area contributed by atoms with Gasteiger partial charge in [-0.1, -0.05) is 12.1 Å². The number of benzene rings is 1. The lowest BCUT2D eigenvalue weighted by atomic mass is 10.2. The molecule has 0 unspecified atom stereocenters. The maximum atomic E-state index is 12.7. The summed E-state index contributed by atoms with van der Waals surface area (Å²) in [5.74, 6) is 0.0113. The lowest BCUT2D eigenvalue weighted by Gasteiger charge is -2.29. The highest BCUT2D eigenvalue weighted by Crippen LogP contribution is 2.20. The molecule has 7 heteroatoms. The SMILES string of the molecule is O=C(CN(Cc1cccs1)Cc1cccs1)Nc1ccc(N2CCOCC2)cc1. The first-order valence-electron chi connectivity index (χ1n) is 9.76. The largest absolute Gasteiger partial charge is 0.378 e. The average molecular weight is 428 g/mol. The van der Waals surface area contributed by atoms with Gasteiger partial charge in [0, 0.05) is 47.3 Å². The molecule has 29 heavy (non-hydrogen) atoms. The second-order valence-corrected chi connectivity index (χ2v) is 9.06. The molecule has 3 aromatic rings. The Morgan fingerprint density at radius 1 is 0.966 bits per heavy atom. The molecule has 1 saturated heterocycles. The van der Waals surface area contributed by atoms with Crippen LogP contribution < -0.4 is 10.2 Å². The Labute approximate surface area is 179 Å². The Morgan fingerprint density at radius 2 is 1.59 bits per heavy atom. The monoisotopic (exact) mass is 427 g/mol. The van der Waals surface area contributed by atoms with Crippen molar-refractivity contribution in [3.63, 3.8) is 0 Å². The van der Waals surface area contributed by atoms with Crippen molar-refractivity contribution in [2.45, 2.75) is 13.1 Å². The third kappa shape index (κ3) is 5.90. The molecule has 2 aromatic heterocycles. The van der Waals surface area contributed by atoms with E-state index in [-0.39, 0.29) is 5.91 Å². The van der Waals surface area contributed by atoms with Crippen LogP contribution in [0.4, 0.5) is 11.4 Å². The average Bonchev–Trinajstić information content (AvgIpc) is 3.43. The van der Waals surface area contributed by atoms with E-state index in [0.29, 0.717) is 6.54 Å². The van der Waals surface area contributed by atoms with Crippen molar-refractivity contribution in [3.05, 3.63) is 69.0 Å². The van der Waals surface area contributed by atoms with Gasteiger partial charge in [-0.05, 0) is 47.2 Å². The fourth-order valence-electron chi connectivity index (χ4n) is 3.39. The number of hydrogen-bond donors (Lipinski definition) is 1. The normalized spacial score (nSPS) is 14.3. The van der Waals surface area contributed by atoms with Crippen molar-refractivity contribution in [1.82, 2.24) is 4.90 Å². The first-order valence-corrected chi connectivity index (χ1v) is 11.5. The van der Waals surface area contributed by atoms with Gasteiger partial charge in [0.25, 0.3) is 0 Å². The van der Waals surface area contributed by atoms with Crippen molar-refractivity contribution >= 4 is 40.0 Å². The highest BCUT2D eigenvalue weighted by atomic mass is 32.1. The third-order valence-electron chi connectivity index (χ3n) is 4.81. The van der Waals surface area contributed by atoms with Crippen LogP contribution in [0.1, 0.15) is 9.75 Å². The molecule has 5 nitrogen and oxygen atoms in total. The van der Waals surface area contributed by atoms with Gasteiger partial charge in [0.05, 0.1) is 19.8 Å². The predicted octanol–water partition coefficient (Wildman–Crippen LogP) is 4.29. The molecule has 1 fully saturated rings. The molecule has 0 radical (unpaired) electrons. The second kappa shape index (κ2) is 10.0. The molecular weight excluding hydrogens is 402 g/mol. The quantitative estimate of drug-likeness (QED) is 0.583. The lowest BCUT2D eigenvalue weighted by Crippen LogP contribution is -2.36. The molecule has 0 spiro atoms. The van der Waals surface area contributed by atoms with Crippen LogP contribution in [0.3, 0.4) is 0 Å². The van der Waals surface area contributed by atoms with Crippen LogP contribution >= 0.6 is 22.7 Å². The number of anilines is 2. The molecule has 1 aliphatic heterocycles. The zero-order chi connectivity index (χ0) is 19.9. The molecule has 1 amide bonds. The number of thiophene rings is 2. The molecule has 1 aliphatic rings. The summed E-state index contributed by atoms with van der Waals surface area (Å²) in [5.41, 5.74) is 2.00. The fraction of sp³-hybridized carbons (Fsp3) is 0.318. The van der Waals surface area contributed by atoms with E-state index in [1.54, 1.807) is 22.7 Å². The van der Waals surface area contributed by atoms with E-state index in [4.69, 9.17) is 4.74 Å². The summed E-state index contributed by atoms with van der Waals surface area (Å²) in [5, 5.41) is 7.20. The second-order valence-electron chi connectivity index (χ2n) is 7.00. The number of ether oxygens (including phenoxy) is 1. The van der Waals surface area contributed by atoms with E-state index in [1.165, 1.54) is 15.4 Å². The van der Waals surface area contributed by atoms with Crippen molar-refractivity contribution < 1.29 is 9.53 Å². The van der Waals surface area contributed by atoms with Gasteiger partial charge in [-0.2, -0.15) is 0 Å². The summed E-state index contributed by atoms with van der Waals surface area (Å²) in [6.45, 7) is 5.27. The van der Waals surface area contributed by atoms with Gasteiger partial charge in [-0.15, -0.1) is 22.7 Å². The van der Waals surface area contributed by atoms with Gasteiger partial charge in [0.2, 0.25) is 5.91 Å². The molecule has 0 bridgehead atoms. The molecule has 1 aromatic carbocycles. The smallest absolute Gasteiger partial charge is 0.238 e. The van der Waals surface area contributed by atoms with Crippen LogP contribution in [0, 0.1) is 0 Å². The number of carbonyl (C=O) groups excluding carboxylic acids is 1. The Kier molecular flexibility index (Phi) is 6.95. The lowest BCUT2D eigenvalue weighted by molar-refractivity contribution is -0.117. The summed E-state index contributed by atoms with van der Waals surface area (Å²) in [7, 11) is 0. The molecular formula is C22H25N3O2S2. The standard InChI is InChI=1S/C22H25N3O2S2/c26-22(23-18-5-7-19(8-6-18)25-9-11-27-12-10-25)17-24(15-20-3-1-13-28-20)16-21-4-2-14-29-21/h1-8,13-14H,9-12,15-17H2,(H,23,26). The van der Waals surface area contributed by atoms with E-state index >= 15 is 0 Å². The van der Waals surface area contributed by atoms with Crippen LogP contribution in [0.2, 0.25) is 0 Å². The third-order valence-corrected chi connectivity index (χ3v) is 6.54. The van der Waals surface area contributed by atoms with E-state index in [2.05, 4.69) is 62.3 Å². The van der Waals surface area contributed by atoms with E-state index < -0.39 is 0 Å². The van der Waals surface area contributed by atoms with Crippen LogP contribution in [0.5, 0.6) is 0 Å². The van der Waals surface area contributed by atoms with E-state index in [0.717, 1.165) is 45.1 Å². The number of nitrogens with one attached hydrogen (secondary N) is 1. The summed E-state index contributed by atoms with van der Waals surface area (Å²) in [6, 6.07) is 16.4. The van der Waals surface area contributed by atoms with Gasteiger partial charge in [0.15, 0.2) is 0 Å². The van der Waals surface area contributed by atoms with E-state index in [1.807, 2.05) is 12.1 Å². The Morgan fingerprint density at radius 3 is 2.14 bits per heavy atom. The number of morpholine rings is 1. The maximum Gasteiger partial charge on any atom is 0.238 e. The summed E-state index contributed by atoms with van der Waals surface area (Å²) >= 11 is 3.45. The van der Waals surface area contributed by atoms with Gasteiger partial charge in [-0.3, -0.25) is 9.69 Å². The molecule has 0 aliphatic carbocycles. The van der Waals surface area contributed by atoms with E-state index in [9.17, 15) is 4.79 Å². The van der Waals surface area contributed by atoms with Crippen LogP contribution in [-0.2, 0) is 22.6 Å². The Hall–Kier alpha value is -2.19. The summed E-state index contributed by atoms with van der Waals surface area (Å²) in [4.78, 5) is 19.7. The number of rotatable bonds is 8. The van der Waals surface area contributed by atoms with Crippen molar-refractivity contribution in [2.75, 3.05) is 43.1 Å². The van der Waals surface area contributed by atoms with Crippen molar-refractivity contribution in [2.24, 2.45) is 0 Å². The topological polar surface area (TPSA) is 44.8 Å². The number of amides is 1. The summed E-state index contributed by atoms with van der Waals surface area (Å²) < 4.78 is 5.41. The number of carbonyl (C=O) groups is 1. The van der Waals surface area contributed by atoms with Crippen LogP contribution in [-0.4, -0.2) is 43.7 Å². The Bertz CT molecular complexity index is 837. The molecule has 152 valence electrons. The maximum absolute atomic E-state index is 12.7. The van der Waals surface area contributed by atoms with Gasteiger partial charge < -0.3 is 15.0 Å². The van der Waals surface area contributed by atoms with Gasteiger partial charge in [0.1, 0.15) is 0 Å². The first-order chi connectivity index (χ1) is 14.3. The van der Waals surface area contributed by atoms with Crippen LogP contribution in [0.25, 0.3) is 0 Å². The molecule has 0 saturated carbocycles. The van der Waals surface area contributed by atoms with Crippen molar-refractivity contribution in [1.29, 1.82) is 0 Å². The van der Waals surface area contributed by atoms with Gasteiger partial charge >= 0.3 is 0 Å². The molecule has 4 rings (SSSR count). The number of nitrogens with zero attached hydrogens (tertiary/aromatic N) is 2. The summed E-state index contributed by atoms with van der Waals surface area (Å²) in [6.07, 6.45) is 0. The Balaban J connectivity index is 1.35.